The fraction of sp³-hybridized carbons (Fsp3) is 0.120. The number of para-hydroxylation sites is 1. The van der Waals surface area contributed by atoms with Gasteiger partial charge in [-0.25, -0.2) is 14.6 Å². The lowest BCUT2D eigenvalue weighted by Crippen LogP contribution is -2.05. The summed E-state index contributed by atoms with van der Waals surface area (Å²) in [7, 11) is 1.37. The highest BCUT2D eigenvalue weighted by atomic mass is 16.5. The lowest BCUT2D eigenvalue weighted by Gasteiger charge is -2.15. The predicted octanol–water partition coefficient (Wildman–Crippen LogP) is 4.38. The molecule has 8 heteroatoms. The zero-order valence-corrected chi connectivity index (χ0v) is 18.0. The lowest BCUT2D eigenvalue weighted by molar-refractivity contribution is 0.0602. The van der Waals surface area contributed by atoms with Crippen LogP contribution in [0.3, 0.4) is 0 Å². The third-order valence-corrected chi connectivity index (χ3v) is 5.63. The zero-order valence-electron chi connectivity index (χ0n) is 18.0. The van der Waals surface area contributed by atoms with Gasteiger partial charge in [0.05, 0.1) is 23.7 Å². The summed E-state index contributed by atoms with van der Waals surface area (Å²) in [6.45, 7) is 2.08. The Bertz CT molecular complexity index is 1540. The Hall–Kier alpha value is -4.46. The molecule has 3 aromatic carbocycles. The normalized spacial score (nSPS) is 11.1. The number of nitrogens with one attached hydrogen (secondary N) is 1. The number of fused-ring (bicyclic) bond motifs is 1. The quantitative estimate of drug-likeness (QED) is 0.407. The second-order valence-electron chi connectivity index (χ2n) is 7.46. The molecule has 0 aliphatic rings. The minimum absolute atomic E-state index is 0.380. The largest absolute Gasteiger partial charge is 0.465 e. The average Bonchev–Trinajstić information content (AvgIpc) is 3.49. The second kappa shape index (κ2) is 8.23. The summed E-state index contributed by atoms with van der Waals surface area (Å²) in [6.07, 6.45) is 2.48. The van der Waals surface area contributed by atoms with E-state index in [1.165, 1.54) is 7.11 Å². The van der Waals surface area contributed by atoms with E-state index in [-0.39, 0.29) is 0 Å². The molecule has 0 amide bonds. The number of benzene rings is 3. The Kier molecular flexibility index (Phi) is 5.10. The number of esters is 1. The van der Waals surface area contributed by atoms with Crippen LogP contribution < -0.4 is 5.76 Å². The van der Waals surface area contributed by atoms with E-state index >= 15 is 0 Å². The molecule has 33 heavy (non-hydrogen) atoms. The van der Waals surface area contributed by atoms with Gasteiger partial charge in [0.15, 0.2) is 5.82 Å². The van der Waals surface area contributed by atoms with Gasteiger partial charge >= 0.3 is 11.7 Å². The Labute approximate surface area is 188 Å². The summed E-state index contributed by atoms with van der Waals surface area (Å²) in [5.74, 6) is -0.630. The van der Waals surface area contributed by atoms with Gasteiger partial charge in [-0.2, -0.15) is 0 Å². The predicted molar refractivity (Wildman–Crippen MR) is 123 cm³/mol. The molecule has 0 atom stereocenters. The van der Waals surface area contributed by atoms with Crippen LogP contribution in [-0.2, 0) is 11.2 Å². The van der Waals surface area contributed by atoms with Crippen LogP contribution in [0.25, 0.3) is 39.2 Å². The van der Waals surface area contributed by atoms with Crippen LogP contribution >= 0.6 is 0 Å². The summed E-state index contributed by atoms with van der Waals surface area (Å²) in [4.78, 5) is 30.9. The van der Waals surface area contributed by atoms with Crippen LogP contribution in [0.15, 0.2) is 76.3 Å². The molecule has 0 bridgehead atoms. The average molecular weight is 440 g/mol. The van der Waals surface area contributed by atoms with Crippen molar-refractivity contribution in [3.8, 4) is 28.2 Å². The van der Waals surface area contributed by atoms with E-state index < -0.39 is 11.7 Å². The van der Waals surface area contributed by atoms with E-state index in [9.17, 15) is 9.59 Å². The molecule has 0 saturated carbocycles. The zero-order chi connectivity index (χ0) is 22.9. The number of rotatable bonds is 5. The molecule has 2 aromatic heterocycles. The third-order valence-electron chi connectivity index (χ3n) is 5.63. The standard InChI is InChI=1S/C25H20N4O4/c1-3-15-13-16(29-14-26-21-10-6-9-20(22(21)29)24(30)32-2)11-12-17(15)18-7-4-5-8-19(18)23-27-25(31)33-28-23/h4-14H,3H2,1-2H3,(H,27,28,31). The van der Waals surface area contributed by atoms with Gasteiger partial charge in [0, 0.05) is 11.3 Å². The molecule has 0 saturated heterocycles. The molecule has 5 aromatic rings. The van der Waals surface area contributed by atoms with E-state index in [4.69, 9.17) is 9.26 Å². The number of hydrogen-bond donors (Lipinski definition) is 1. The minimum atomic E-state index is -0.598. The fourth-order valence-electron chi connectivity index (χ4n) is 4.09. The molecule has 1 N–H and O–H groups in total. The molecule has 2 heterocycles. The Morgan fingerprint density at radius 1 is 1.06 bits per heavy atom. The number of methoxy groups -OCH3 is 1. The molecule has 0 aliphatic carbocycles. The molecular weight excluding hydrogens is 420 g/mol. The van der Waals surface area contributed by atoms with Gasteiger partial charge in [0.25, 0.3) is 0 Å². The smallest absolute Gasteiger partial charge is 0.439 e. The van der Waals surface area contributed by atoms with Crippen molar-refractivity contribution in [3.05, 3.63) is 88.7 Å². The molecule has 8 nitrogen and oxygen atoms in total. The van der Waals surface area contributed by atoms with Gasteiger partial charge in [0.2, 0.25) is 0 Å². The maximum atomic E-state index is 12.3. The topological polar surface area (TPSA) is 103 Å². The van der Waals surface area contributed by atoms with E-state index in [0.29, 0.717) is 22.4 Å². The molecule has 0 radical (unpaired) electrons. The van der Waals surface area contributed by atoms with Gasteiger partial charge < -0.3 is 4.74 Å². The number of carbonyl (C=O) groups is 1. The molecule has 5 rings (SSSR count). The third kappa shape index (κ3) is 3.51. The first kappa shape index (κ1) is 20.4. The molecule has 0 fully saturated rings. The van der Waals surface area contributed by atoms with Crippen LogP contribution in [0.5, 0.6) is 0 Å². The van der Waals surface area contributed by atoms with Crippen molar-refractivity contribution >= 4 is 17.0 Å². The monoisotopic (exact) mass is 440 g/mol. The maximum absolute atomic E-state index is 12.3. The molecule has 0 aliphatic heterocycles. The number of aromatic amines is 1. The Morgan fingerprint density at radius 2 is 1.88 bits per heavy atom. The Morgan fingerprint density at radius 3 is 2.61 bits per heavy atom. The van der Waals surface area contributed by atoms with Crippen LogP contribution in [0.1, 0.15) is 22.8 Å². The van der Waals surface area contributed by atoms with E-state index in [2.05, 4.69) is 28.1 Å². The first-order valence-electron chi connectivity index (χ1n) is 10.4. The van der Waals surface area contributed by atoms with Gasteiger partial charge in [-0.05, 0) is 47.4 Å². The van der Waals surface area contributed by atoms with Crippen LogP contribution in [0.2, 0.25) is 0 Å². The molecular formula is C25H20N4O4. The number of aromatic nitrogens is 4. The molecule has 164 valence electrons. The highest BCUT2D eigenvalue weighted by Gasteiger charge is 2.18. The minimum Gasteiger partial charge on any atom is -0.465 e. The number of ether oxygens (including phenoxy) is 1. The van der Waals surface area contributed by atoms with Crippen molar-refractivity contribution in [1.29, 1.82) is 0 Å². The van der Waals surface area contributed by atoms with Crippen molar-refractivity contribution in [3.63, 3.8) is 0 Å². The maximum Gasteiger partial charge on any atom is 0.439 e. The number of imidazole rings is 1. The van der Waals surface area contributed by atoms with Crippen molar-refractivity contribution in [2.75, 3.05) is 7.11 Å². The second-order valence-corrected chi connectivity index (χ2v) is 7.46. The number of carbonyl (C=O) groups excluding carboxylic acids is 1. The number of nitrogens with zero attached hydrogens (tertiary/aromatic N) is 3. The van der Waals surface area contributed by atoms with Crippen LogP contribution in [0.4, 0.5) is 0 Å². The van der Waals surface area contributed by atoms with Crippen molar-refractivity contribution < 1.29 is 14.1 Å². The van der Waals surface area contributed by atoms with E-state index in [0.717, 1.165) is 34.4 Å². The summed E-state index contributed by atoms with van der Waals surface area (Å²) in [5.41, 5.74) is 6.53. The van der Waals surface area contributed by atoms with Crippen LogP contribution in [0, 0.1) is 0 Å². The van der Waals surface area contributed by atoms with Crippen molar-refractivity contribution in [1.82, 2.24) is 19.7 Å². The molecule has 0 spiro atoms. The highest BCUT2D eigenvalue weighted by molar-refractivity contribution is 6.02. The van der Waals surface area contributed by atoms with Gasteiger partial charge in [-0.3, -0.25) is 14.1 Å². The summed E-state index contributed by atoms with van der Waals surface area (Å²) in [6, 6.07) is 19.2. The number of H-pyrrole nitrogens is 1. The number of hydrogen-bond acceptors (Lipinski definition) is 6. The molecule has 0 unspecified atom stereocenters. The summed E-state index contributed by atoms with van der Waals surface area (Å²) < 4.78 is 11.6. The van der Waals surface area contributed by atoms with Crippen molar-refractivity contribution in [2.24, 2.45) is 0 Å². The van der Waals surface area contributed by atoms with E-state index in [1.54, 1.807) is 18.5 Å². The van der Waals surface area contributed by atoms with Gasteiger partial charge in [0.1, 0.15) is 6.33 Å². The van der Waals surface area contributed by atoms with Gasteiger partial charge in [-0.1, -0.05) is 48.5 Å². The van der Waals surface area contributed by atoms with Crippen LogP contribution in [-0.4, -0.2) is 32.8 Å². The number of aryl methyl sites for hydroxylation is 1. The first-order valence-corrected chi connectivity index (χ1v) is 10.4. The lowest BCUT2D eigenvalue weighted by atomic mass is 9.93. The van der Waals surface area contributed by atoms with E-state index in [1.807, 2.05) is 47.0 Å². The Balaban J connectivity index is 1.67. The highest BCUT2D eigenvalue weighted by Crippen LogP contribution is 2.34. The SMILES string of the molecule is CCc1cc(-n2cnc3cccc(C(=O)OC)c32)ccc1-c1ccccc1-c1noc(=O)[nH]1. The fourth-order valence-corrected chi connectivity index (χ4v) is 4.09. The first-order chi connectivity index (χ1) is 16.1. The van der Waals surface area contributed by atoms with Gasteiger partial charge in [-0.15, -0.1) is 0 Å². The summed E-state index contributed by atoms with van der Waals surface area (Å²) >= 11 is 0. The van der Waals surface area contributed by atoms with Crippen molar-refractivity contribution in [2.45, 2.75) is 13.3 Å². The summed E-state index contributed by atoms with van der Waals surface area (Å²) in [5, 5.41) is 3.86.